The van der Waals surface area contributed by atoms with Crippen LogP contribution in [0.25, 0.3) is 0 Å². The summed E-state index contributed by atoms with van der Waals surface area (Å²) >= 11 is 0. The van der Waals surface area contributed by atoms with Crippen LogP contribution in [0.3, 0.4) is 0 Å². The Bertz CT molecular complexity index is 629. The lowest BCUT2D eigenvalue weighted by molar-refractivity contribution is -0.137. The maximum absolute atomic E-state index is 12.7. The molecule has 4 bridgehead atoms. The maximum atomic E-state index is 12.7. The molecule has 1 aromatic carbocycles. The van der Waals surface area contributed by atoms with Crippen molar-refractivity contribution >= 4 is 5.91 Å². The summed E-state index contributed by atoms with van der Waals surface area (Å²) in [7, 11) is 0. The van der Waals surface area contributed by atoms with Gasteiger partial charge < -0.3 is 5.32 Å². The lowest BCUT2D eigenvalue weighted by Crippen LogP contribution is -2.55. The van der Waals surface area contributed by atoms with Crippen molar-refractivity contribution < 1.29 is 18.0 Å². The van der Waals surface area contributed by atoms with Gasteiger partial charge in [0, 0.05) is 11.6 Å². The van der Waals surface area contributed by atoms with E-state index in [9.17, 15) is 18.0 Å². The van der Waals surface area contributed by atoms with E-state index < -0.39 is 11.7 Å². The number of hydrogen-bond acceptors (Lipinski definition) is 1. The predicted octanol–water partition coefficient (Wildman–Crippen LogP) is 5.04. The van der Waals surface area contributed by atoms with Crippen molar-refractivity contribution in [2.45, 2.75) is 57.7 Å². The Balaban J connectivity index is 1.46. The van der Waals surface area contributed by atoms with Crippen LogP contribution in [0.15, 0.2) is 24.3 Å². The Labute approximate surface area is 146 Å². The zero-order valence-corrected chi connectivity index (χ0v) is 14.4. The monoisotopic (exact) mass is 351 g/mol. The summed E-state index contributed by atoms with van der Waals surface area (Å²) in [6, 6.07) is 4.56. The third kappa shape index (κ3) is 3.06. The van der Waals surface area contributed by atoms with Crippen molar-refractivity contribution in [1.29, 1.82) is 0 Å². The fourth-order valence-corrected chi connectivity index (χ4v) is 5.95. The van der Waals surface area contributed by atoms with Crippen molar-refractivity contribution in [2.24, 2.45) is 23.2 Å². The minimum absolute atomic E-state index is 0.0655. The summed E-state index contributed by atoms with van der Waals surface area (Å²) in [4.78, 5) is 12.5. The van der Waals surface area contributed by atoms with E-state index in [0.29, 0.717) is 5.56 Å². The van der Waals surface area contributed by atoms with Crippen molar-refractivity contribution in [2.75, 3.05) is 0 Å². The molecule has 4 saturated carbocycles. The number of alkyl halides is 3. The minimum atomic E-state index is -4.37. The van der Waals surface area contributed by atoms with Crippen LogP contribution in [0, 0.1) is 23.2 Å². The van der Waals surface area contributed by atoms with Gasteiger partial charge >= 0.3 is 6.18 Å². The first-order valence-electron chi connectivity index (χ1n) is 9.23. The van der Waals surface area contributed by atoms with Crippen LogP contribution in [0.5, 0.6) is 0 Å². The van der Waals surface area contributed by atoms with Gasteiger partial charge in [-0.3, -0.25) is 4.79 Å². The molecule has 1 aromatic rings. The zero-order chi connectivity index (χ0) is 17.8. The molecule has 5 rings (SSSR count). The molecule has 0 heterocycles. The molecule has 0 unspecified atom stereocenters. The molecular formula is C20H24F3NO. The molecule has 4 aliphatic carbocycles. The summed E-state index contributed by atoms with van der Waals surface area (Å²) in [5.41, 5.74) is -0.237. The first kappa shape index (κ1) is 16.9. The Morgan fingerprint density at radius 3 is 1.96 bits per heavy atom. The second kappa shape index (κ2) is 5.75. The third-order valence-electron chi connectivity index (χ3n) is 6.83. The zero-order valence-electron chi connectivity index (χ0n) is 14.4. The Hall–Kier alpha value is -1.52. The molecule has 4 fully saturated rings. The molecule has 0 saturated heterocycles. The second-order valence-corrected chi connectivity index (χ2v) is 8.55. The van der Waals surface area contributed by atoms with Crippen LogP contribution < -0.4 is 5.32 Å². The molecule has 4 aliphatic rings. The molecule has 5 heteroatoms. The first-order valence-corrected chi connectivity index (χ1v) is 9.23. The lowest BCUT2D eigenvalue weighted by Gasteiger charge is -2.59. The van der Waals surface area contributed by atoms with Crippen LogP contribution in [0.4, 0.5) is 13.2 Å². The Morgan fingerprint density at radius 2 is 1.52 bits per heavy atom. The molecule has 2 nitrogen and oxygen atoms in total. The molecule has 1 amide bonds. The number of amides is 1. The largest absolute Gasteiger partial charge is 0.416 e. The number of benzene rings is 1. The molecule has 25 heavy (non-hydrogen) atoms. The quantitative estimate of drug-likeness (QED) is 0.812. The van der Waals surface area contributed by atoms with Crippen LogP contribution >= 0.6 is 0 Å². The molecular weight excluding hydrogens is 327 g/mol. The Kier molecular flexibility index (Phi) is 3.89. The van der Waals surface area contributed by atoms with E-state index in [0.717, 1.165) is 29.9 Å². The van der Waals surface area contributed by atoms with Gasteiger partial charge in [0.05, 0.1) is 5.56 Å². The van der Waals surface area contributed by atoms with E-state index in [1.807, 2.05) is 0 Å². The number of carbonyl (C=O) groups is 1. The minimum Gasteiger partial charge on any atom is -0.349 e. The highest BCUT2D eigenvalue weighted by Crippen LogP contribution is 2.61. The summed E-state index contributed by atoms with van der Waals surface area (Å²) < 4.78 is 38.0. The number of nitrogens with one attached hydrogen (secondary N) is 1. The van der Waals surface area contributed by atoms with E-state index >= 15 is 0 Å². The molecule has 1 atom stereocenters. The van der Waals surface area contributed by atoms with E-state index in [-0.39, 0.29) is 17.4 Å². The van der Waals surface area contributed by atoms with Gasteiger partial charge in [0.2, 0.25) is 0 Å². The fraction of sp³-hybridized carbons (Fsp3) is 0.650. The average Bonchev–Trinajstić information content (AvgIpc) is 2.52. The number of halogens is 3. The van der Waals surface area contributed by atoms with Gasteiger partial charge in [-0.25, -0.2) is 0 Å². The smallest absolute Gasteiger partial charge is 0.349 e. The topological polar surface area (TPSA) is 29.1 Å². The average molecular weight is 351 g/mol. The van der Waals surface area contributed by atoms with E-state index in [2.05, 4.69) is 12.2 Å². The molecule has 0 aromatic heterocycles. The number of carbonyl (C=O) groups excluding carboxylic acids is 1. The molecule has 136 valence electrons. The standard InChI is InChI=1S/C20H24F3NO/c1-12(19-9-13-6-14(10-19)8-15(7-13)11-19)24-18(25)16-2-4-17(5-3-16)20(21,22)23/h2-5,12-15H,6-11H2,1H3,(H,24,25)/t12-,13?,14?,15?,19?/m1/s1. The molecule has 1 N–H and O–H groups in total. The van der Waals surface area contributed by atoms with E-state index in [4.69, 9.17) is 0 Å². The van der Waals surface area contributed by atoms with Crippen molar-refractivity contribution in [3.63, 3.8) is 0 Å². The Morgan fingerprint density at radius 1 is 1.04 bits per heavy atom. The summed E-state index contributed by atoms with van der Waals surface area (Å²) in [5, 5.41) is 3.09. The van der Waals surface area contributed by atoms with Gasteiger partial charge in [-0.1, -0.05) is 0 Å². The van der Waals surface area contributed by atoms with Crippen LogP contribution in [0.1, 0.15) is 61.4 Å². The third-order valence-corrected chi connectivity index (χ3v) is 6.83. The van der Waals surface area contributed by atoms with Gasteiger partial charge in [-0.15, -0.1) is 0 Å². The second-order valence-electron chi connectivity index (χ2n) is 8.55. The van der Waals surface area contributed by atoms with Gasteiger partial charge in [-0.05, 0) is 92.9 Å². The summed E-state index contributed by atoms with van der Waals surface area (Å²) in [5.74, 6) is 2.14. The number of rotatable bonds is 3. The highest BCUT2D eigenvalue weighted by molar-refractivity contribution is 5.94. The van der Waals surface area contributed by atoms with E-state index in [1.54, 1.807) is 0 Å². The lowest BCUT2D eigenvalue weighted by atomic mass is 9.48. The van der Waals surface area contributed by atoms with Gasteiger partial charge in [0.15, 0.2) is 0 Å². The molecule has 0 spiro atoms. The van der Waals surface area contributed by atoms with E-state index in [1.165, 1.54) is 50.7 Å². The van der Waals surface area contributed by atoms with Gasteiger partial charge in [0.25, 0.3) is 5.91 Å². The first-order chi connectivity index (χ1) is 11.7. The maximum Gasteiger partial charge on any atom is 0.416 e. The van der Waals surface area contributed by atoms with Gasteiger partial charge in [-0.2, -0.15) is 13.2 Å². The van der Waals surface area contributed by atoms with Gasteiger partial charge in [0.1, 0.15) is 0 Å². The number of hydrogen-bond donors (Lipinski definition) is 1. The summed E-state index contributed by atoms with van der Waals surface area (Å²) in [6.45, 7) is 2.08. The van der Waals surface area contributed by atoms with Crippen LogP contribution in [-0.2, 0) is 6.18 Å². The summed E-state index contributed by atoms with van der Waals surface area (Å²) in [6.07, 6.45) is 3.23. The highest BCUT2D eigenvalue weighted by atomic mass is 19.4. The predicted molar refractivity (Wildman–Crippen MR) is 89.0 cm³/mol. The van der Waals surface area contributed by atoms with Crippen molar-refractivity contribution in [1.82, 2.24) is 5.32 Å². The normalized spacial score (nSPS) is 34.8. The molecule has 0 aliphatic heterocycles. The SMILES string of the molecule is C[C@@H](NC(=O)c1ccc(C(F)(F)F)cc1)C12CC3CC(CC(C3)C1)C2. The highest BCUT2D eigenvalue weighted by Gasteiger charge is 2.53. The van der Waals surface area contributed by atoms with Crippen molar-refractivity contribution in [3.05, 3.63) is 35.4 Å². The molecule has 0 radical (unpaired) electrons. The fourth-order valence-electron chi connectivity index (χ4n) is 5.95. The van der Waals surface area contributed by atoms with Crippen LogP contribution in [-0.4, -0.2) is 11.9 Å². The van der Waals surface area contributed by atoms with Crippen LogP contribution in [0.2, 0.25) is 0 Å². The van der Waals surface area contributed by atoms with Crippen molar-refractivity contribution in [3.8, 4) is 0 Å².